The van der Waals surface area contributed by atoms with Crippen molar-refractivity contribution in [2.24, 2.45) is 0 Å². The van der Waals surface area contributed by atoms with Crippen LogP contribution >= 0.6 is 11.6 Å². The van der Waals surface area contributed by atoms with Crippen molar-refractivity contribution >= 4 is 11.6 Å². The van der Waals surface area contributed by atoms with Gasteiger partial charge >= 0.3 is 0 Å². The summed E-state index contributed by atoms with van der Waals surface area (Å²) in [5.41, 5.74) is 1.00. The third-order valence-corrected chi connectivity index (χ3v) is 2.63. The largest absolute Gasteiger partial charge is 0.486 e. The molecule has 0 heterocycles. The predicted octanol–water partition coefficient (Wildman–Crippen LogP) is 3.65. The SMILES string of the molecule is CCNC(C)c1ccc(OCC(F)F)c(Cl)c1. The maximum Gasteiger partial charge on any atom is 0.272 e. The number of halogens is 3. The molecule has 0 amide bonds. The molecule has 96 valence electrons. The van der Waals surface area contributed by atoms with Gasteiger partial charge in [0.2, 0.25) is 0 Å². The number of benzene rings is 1. The summed E-state index contributed by atoms with van der Waals surface area (Å²) in [6, 6.07) is 5.34. The normalized spacial score (nSPS) is 12.8. The molecule has 0 spiro atoms. The first-order chi connectivity index (χ1) is 8.04. The summed E-state index contributed by atoms with van der Waals surface area (Å²) in [4.78, 5) is 0. The molecular weight excluding hydrogens is 248 g/mol. The van der Waals surface area contributed by atoms with Gasteiger partial charge in [0, 0.05) is 6.04 Å². The monoisotopic (exact) mass is 263 g/mol. The second kappa shape index (κ2) is 6.77. The van der Waals surface area contributed by atoms with Gasteiger partial charge in [-0.15, -0.1) is 0 Å². The van der Waals surface area contributed by atoms with Gasteiger partial charge in [0.1, 0.15) is 12.4 Å². The molecule has 1 atom stereocenters. The number of hydrogen-bond donors (Lipinski definition) is 1. The van der Waals surface area contributed by atoms with Crippen LogP contribution in [0.3, 0.4) is 0 Å². The van der Waals surface area contributed by atoms with Gasteiger partial charge in [-0.25, -0.2) is 8.78 Å². The molecule has 0 radical (unpaired) electrons. The van der Waals surface area contributed by atoms with Gasteiger partial charge in [0.05, 0.1) is 5.02 Å². The third-order valence-electron chi connectivity index (χ3n) is 2.33. The summed E-state index contributed by atoms with van der Waals surface area (Å²) in [5, 5.41) is 3.59. The lowest BCUT2D eigenvalue weighted by molar-refractivity contribution is 0.0819. The summed E-state index contributed by atoms with van der Waals surface area (Å²) in [5.74, 6) is 0.291. The van der Waals surface area contributed by atoms with Crippen molar-refractivity contribution in [1.29, 1.82) is 0 Å². The molecule has 1 N–H and O–H groups in total. The molecule has 2 nitrogen and oxygen atoms in total. The molecular formula is C12H16ClF2NO. The molecule has 1 aromatic rings. The van der Waals surface area contributed by atoms with Crippen LogP contribution < -0.4 is 10.1 Å². The van der Waals surface area contributed by atoms with Crippen LogP contribution in [-0.4, -0.2) is 19.6 Å². The summed E-state index contributed by atoms with van der Waals surface area (Å²) in [7, 11) is 0. The van der Waals surface area contributed by atoms with E-state index in [1.807, 2.05) is 19.9 Å². The van der Waals surface area contributed by atoms with E-state index in [0.29, 0.717) is 10.8 Å². The van der Waals surface area contributed by atoms with E-state index >= 15 is 0 Å². The predicted molar refractivity (Wildman–Crippen MR) is 65.0 cm³/mol. The first-order valence-electron chi connectivity index (χ1n) is 5.48. The topological polar surface area (TPSA) is 21.3 Å². The molecule has 1 rings (SSSR count). The average Bonchev–Trinajstić information content (AvgIpc) is 2.27. The zero-order valence-electron chi connectivity index (χ0n) is 9.84. The summed E-state index contributed by atoms with van der Waals surface area (Å²) >= 11 is 5.96. The number of nitrogens with one attached hydrogen (secondary N) is 1. The quantitative estimate of drug-likeness (QED) is 0.846. The van der Waals surface area contributed by atoms with Crippen LogP contribution in [0.5, 0.6) is 5.75 Å². The molecule has 0 saturated heterocycles. The maximum atomic E-state index is 12.0. The first-order valence-corrected chi connectivity index (χ1v) is 5.86. The fourth-order valence-electron chi connectivity index (χ4n) is 1.48. The zero-order chi connectivity index (χ0) is 12.8. The van der Waals surface area contributed by atoms with Crippen LogP contribution in [0.2, 0.25) is 5.02 Å². The molecule has 0 aliphatic carbocycles. The standard InChI is InChI=1S/C12H16ClF2NO/c1-3-16-8(2)9-4-5-11(10(13)6-9)17-7-12(14)15/h4-6,8,12,16H,3,7H2,1-2H3. The molecule has 0 aliphatic rings. The lowest BCUT2D eigenvalue weighted by atomic mass is 10.1. The lowest BCUT2D eigenvalue weighted by Crippen LogP contribution is -2.17. The van der Waals surface area contributed by atoms with Gasteiger partial charge in [-0.05, 0) is 31.2 Å². The second-order valence-corrected chi connectivity index (χ2v) is 4.08. The van der Waals surface area contributed by atoms with Crippen LogP contribution in [0.4, 0.5) is 8.78 Å². The van der Waals surface area contributed by atoms with E-state index in [1.165, 1.54) is 0 Å². The maximum absolute atomic E-state index is 12.0. The highest BCUT2D eigenvalue weighted by Gasteiger charge is 2.10. The molecule has 0 bridgehead atoms. The highest BCUT2D eigenvalue weighted by molar-refractivity contribution is 6.32. The summed E-state index contributed by atoms with van der Waals surface area (Å²) in [6.07, 6.45) is -2.49. The van der Waals surface area contributed by atoms with Crippen LogP contribution in [0, 0.1) is 0 Å². The zero-order valence-corrected chi connectivity index (χ0v) is 10.6. The van der Waals surface area contributed by atoms with Crippen molar-refractivity contribution in [1.82, 2.24) is 5.32 Å². The van der Waals surface area contributed by atoms with E-state index < -0.39 is 13.0 Å². The van der Waals surface area contributed by atoms with Gasteiger partial charge in [-0.3, -0.25) is 0 Å². The highest BCUT2D eigenvalue weighted by Crippen LogP contribution is 2.28. The van der Waals surface area contributed by atoms with Crippen LogP contribution in [-0.2, 0) is 0 Å². The van der Waals surface area contributed by atoms with Crippen molar-refractivity contribution in [2.75, 3.05) is 13.2 Å². The van der Waals surface area contributed by atoms with Crippen molar-refractivity contribution in [2.45, 2.75) is 26.3 Å². The van der Waals surface area contributed by atoms with E-state index in [9.17, 15) is 8.78 Å². The summed E-state index contributed by atoms with van der Waals surface area (Å²) in [6.45, 7) is 4.23. The van der Waals surface area contributed by atoms with Crippen LogP contribution in [0.15, 0.2) is 18.2 Å². The Balaban J connectivity index is 2.72. The fourth-order valence-corrected chi connectivity index (χ4v) is 1.72. The molecule has 1 unspecified atom stereocenters. The molecule has 1 aromatic carbocycles. The number of alkyl halides is 2. The fraction of sp³-hybridized carbons (Fsp3) is 0.500. The smallest absolute Gasteiger partial charge is 0.272 e. The molecule has 17 heavy (non-hydrogen) atoms. The Morgan fingerprint density at radius 2 is 2.12 bits per heavy atom. The minimum absolute atomic E-state index is 0.168. The first kappa shape index (κ1) is 14.2. The molecule has 0 saturated carbocycles. The molecule has 0 fully saturated rings. The number of ether oxygens (including phenoxy) is 1. The lowest BCUT2D eigenvalue weighted by Gasteiger charge is -2.14. The Kier molecular flexibility index (Phi) is 5.65. The molecule has 0 aliphatic heterocycles. The van der Waals surface area contributed by atoms with Crippen molar-refractivity contribution in [3.63, 3.8) is 0 Å². The van der Waals surface area contributed by atoms with Gasteiger partial charge < -0.3 is 10.1 Å². The Labute approximate surface area is 105 Å². The van der Waals surface area contributed by atoms with Gasteiger partial charge in [-0.1, -0.05) is 24.6 Å². The van der Waals surface area contributed by atoms with Gasteiger partial charge in [0.25, 0.3) is 6.43 Å². The Hall–Kier alpha value is -0.870. The van der Waals surface area contributed by atoms with E-state index in [0.717, 1.165) is 12.1 Å². The second-order valence-electron chi connectivity index (χ2n) is 3.67. The van der Waals surface area contributed by atoms with Crippen molar-refractivity contribution < 1.29 is 13.5 Å². The Morgan fingerprint density at radius 1 is 1.41 bits per heavy atom. The van der Waals surface area contributed by atoms with E-state index in [1.54, 1.807) is 12.1 Å². The van der Waals surface area contributed by atoms with Crippen LogP contribution in [0.1, 0.15) is 25.5 Å². The number of rotatable bonds is 6. The van der Waals surface area contributed by atoms with Crippen molar-refractivity contribution in [3.05, 3.63) is 28.8 Å². The Bertz CT molecular complexity index is 360. The summed E-state index contributed by atoms with van der Waals surface area (Å²) < 4.78 is 28.9. The van der Waals surface area contributed by atoms with E-state index in [-0.39, 0.29) is 6.04 Å². The minimum Gasteiger partial charge on any atom is -0.486 e. The Morgan fingerprint density at radius 3 is 2.65 bits per heavy atom. The number of hydrogen-bond acceptors (Lipinski definition) is 2. The molecule has 5 heteroatoms. The van der Waals surface area contributed by atoms with Gasteiger partial charge in [0.15, 0.2) is 0 Å². The van der Waals surface area contributed by atoms with E-state index in [4.69, 9.17) is 16.3 Å². The molecule has 0 aromatic heterocycles. The van der Waals surface area contributed by atoms with Crippen molar-refractivity contribution in [3.8, 4) is 5.75 Å². The third kappa shape index (κ3) is 4.48. The highest BCUT2D eigenvalue weighted by atomic mass is 35.5. The van der Waals surface area contributed by atoms with E-state index in [2.05, 4.69) is 5.32 Å². The average molecular weight is 264 g/mol. The van der Waals surface area contributed by atoms with Gasteiger partial charge in [-0.2, -0.15) is 0 Å². The minimum atomic E-state index is -2.49. The van der Waals surface area contributed by atoms with Crippen LogP contribution in [0.25, 0.3) is 0 Å².